The molecule has 0 saturated heterocycles. The summed E-state index contributed by atoms with van der Waals surface area (Å²) in [4.78, 5) is 0. The fourth-order valence-electron chi connectivity index (χ4n) is 2.14. The Morgan fingerprint density at radius 1 is 0.957 bits per heavy atom. The van der Waals surface area contributed by atoms with Crippen LogP contribution in [-0.4, -0.2) is 21.3 Å². The normalized spacial score (nSPS) is 10.8. The third kappa shape index (κ3) is 3.61. The maximum absolute atomic E-state index is 13.0. The van der Waals surface area contributed by atoms with Gasteiger partial charge in [0.15, 0.2) is 11.5 Å². The number of nitrogens with zero attached hydrogens (tertiary/aromatic N) is 1. The molecule has 0 saturated carbocycles. The summed E-state index contributed by atoms with van der Waals surface area (Å²) in [5, 5.41) is 9.49. The summed E-state index contributed by atoms with van der Waals surface area (Å²) in [7, 11) is 4.55. The second-order valence-electron chi connectivity index (χ2n) is 4.63. The van der Waals surface area contributed by atoms with E-state index in [1.807, 2.05) is 0 Å². The predicted molar refractivity (Wildman–Crippen MR) is 86.0 cm³/mol. The van der Waals surface area contributed by atoms with Crippen molar-refractivity contribution in [3.05, 3.63) is 53.3 Å². The van der Waals surface area contributed by atoms with Crippen LogP contribution >= 0.6 is 0 Å². The first kappa shape index (κ1) is 16.4. The minimum absolute atomic E-state index is 0.329. The first-order valence-electron chi connectivity index (χ1n) is 6.80. The fraction of sp³-hybridized carbons (Fsp3) is 0.167. The molecule has 2 aromatic rings. The van der Waals surface area contributed by atoms with Gasteiger partial charge in [-0.2, -0.15) is 5.26 Å². The van der Waals surface area contributed by atoms with Crippen LogP contribution in [0.4, 0.5) is 4.39 Å². The Hall–Kier alpha value is -3.00. The molecular formula is C18H16FNO3. The standard InChI is InChI=1S/C18H16FNO3/c1-21-16-10-18(23-3)17(22-2)9-15(16)13(11-20)8-12-4-6-14(19)7-5-12/h4-10H,1-3H3/b13-8+. The van der Waals surface area contributed by atoms with E-state index in [9.17, 15) is 9.65 Å². The van der Waals surface area contributed by atoms with Crippen LogP contribution in [-0.2, 0) is 0 Å². The van der Waals surface area contributed by atoms with Crippen molar-refractivity contribution in [2.75, 3.05) is 21.3 Å². The fourth-order valence-corrected chi connectivity index (χ4v) is 2.14. The SMILES string of the molecule is COc1cc(OC)c(/C(C#N)=C/c2ccc(F)cc2)cc1OC. The number of nitriles is 1. The topological polar surface area (TPSA) is 51.5 Å². The molecule has 4 nitrogen and oxygen atoms in total. The highest BCUT2D eigenvalue weighted by Crippen LogP contribution is 2.38. The summed E-state index contributed by atoms with van der Waals surface area (Å²) in [5.74, 6) is 1.15. The van der Waals surface area contributed by atoms with Gasteiger partial charge in [-0.1, -0.05) is 12.1 Å². The summed E-state index contributed by atoms with van der Waals surface area (Å²) in [6, 6.07) is 11.3. The lowest BCUT2D eigenvalue weighted by molar-refractivity contribution is 0.348. The Bertz CT molecular complexity index is 761. The highest BCUT2D eigenvalue weighted by molar-refractivity contribution is 5.92. The number of hydrogen-bond donors (Lipinski definition) is 0. The summed E-state index contributed by atoms with van der Waals surface area (Å²) in [6.45, 7) is 0. The minimum atomic E-state index is -0.329. The number of allylic oxidation sites excluding steroid dienone is 1. The maximum Gasteiger partial charge on any atom is 0.164 e. The van der Waals surface area contributed by atoms with Crippen molar-refractivity contribution < 1.29 is 18.6 Å². The molecular weight excluding hydrogens is 297 g/mol. The predicted octanol–water partition coefficient (Wildman–Crippen LogP) is 3.92. The Labute approximate surface area is 134 Å². The average Bonchev–Trinajstić information content (AvgIpc) is 2.60. The molecule has 0 bridgehead atoms. The molecule has 0 aromatic heterocycles. The zero-order chi connectivity index (χ0) is 16.8. The third-order valence-electron chi connectivity index (χ3n) is 3.30. The van der Waals surface area contributed by atoms with Gasteiger partial charge in [0.1, 0.15) is 11.6 Å². The molecule has 118 valence electrons. The van der Waals surface area contributed by atoms with E-state index in [1.165, 1.54) is 33.5 Å². The van der Waals surface area contributed by atoms with Crippen LogP contribution < -0.4 is 14.2 Å². The molecule has 5 heteroatoms. The molecule has 0 radical (unpaired) electrons. The molecule has 23 heavy (non-hydrogen) atoms. The van der Waals surface area contributed by atoms with Gasteiger partial charge in [-0.15, -0.1) is 0 Å². The lowest BCUT2D eigenvalue weighted by atomic mass is 10.0. The maximum atomic E-state index is 13.0. The molecule has 0 atom stereocenters. The molecule has 0 unspecified atom stereocenters. The number of halogens is 1. The number of ether oxygens (including phenoxy) is 3. The van der Waals surface area contributed by atoms with Gasteiger partial charge >= 0.3 is 0 Å². The Kier molecular flexibility index (Phi) is 5.21. The second-order valence-corrected chi connectivity index (χ2v) is 4.63. The van der Waals surface area contributed by atoms with Gasteiger partial charge in [0.05, 0.1) is 33.0 Å². The Morgan fingerprint density at radius 2 is 1.52 bits per heavy atom. The van der Waals surface area contributed by atoms with Gasteiger partial charge in [0, 0.05) is 11.6 Å². The van der Waals surface area contributed by atoms with Gasteiger partial charge in [-0.3, -0.25) is 0 Å². The van der Waals surface area contributed by atoms with Gasteiger partial charge in [0.25, 0.3) is 0 Å². The van der Waals surface area contributed by atoms with E-state index in [-0.39, 0.29) is 5.82 Å². The van der Waals surface area contributed by atoms with Crippen LogP contribution in [0.1, 0.15) is 11.1 Å². The van der Waals surface area contributed by atoms with Crippen LogP contribution in [0.15, 0.2) is 36.4 Å². The van der Waals surface area contributed by atoms with Crippen molar-refractivity contribution in [2.45, 2.75) is 0 Å². The molecule has 2 rings (SSSR count). The molecule has 0 amide bonds. The summed E-state index contributed by atoms with van der Waals surface area (Å²) in [5.41, 5.74) is 1.64. The lowest BCUT2D eigenvalue weighted by Gasteiger charge is -2.13. The van der Waals surface area contributed by atoms with Gasteiger partial charge in [-0.05, 0) is 29.8 Å². The molecule has 0 aliphatic heterocycles. The van der Waals surface area contributed by atoms with E-state index in [2.05, 4.69) is 6.07 Å². The van der Waals surface area contributed by atoms with Crippen LogP contribution in [0.3, 0.4) is 0 Å². The molecule has 0 spiro atoms. The van der Waals surface area contributed by atoms with Crippen molar-refractivity contribution in [1.29, 1.82) is 5.26 Å². The molecule has 0 fully saturated rings. The molecule has 0 aliphatic carbocycles. The minimum Gasteiger partial charge on any atom is -0.496 e. The molecule has 0 N–H and O–H groups in total. The first-order chi connectivity index (χ1) is 11.1. The van der Waals surface area contributed by atoms with Crippen LogP contribution in [0.2, 0.25) is 0 Å². The van der Waals surface area contributed by atoms with E-state index in [1.54, 1.807) is 30.3 Å². The largest absolute Gasteiger partial charge is 0.496 e. The zero-order valence-corrected chi connectivity index (χ0v) is 13.1. The second kappa shape index (κ2) is 7.32. The van der Waals surface area contributed by atoms with E-state index in [0.29, 0.717) is 33.9 Å². The monoisotopic (exact) mass is 313 g/mol. The van der Waals surface area contributed by atoms with Crippen molar-refractivity contribution in [2.24, 2.45) is 0 Å². The van der Waals surface area contributed by atoms with Crippen LogP contribution in [0, 0.1) is 17.1 Å². The van der Waals surface area contributed by atoms with Crippen LogP contribution in [0.25, 0.3) is 11.6 Å². The number of hydrogen-bond acceptors (Lipinski definition) is 4. The summed E-state index contributed by atoms with van der Waals surface area (Å²) in [6.07, 6.45) is 1.66. The van der Waals surface area contributed by atoms with Gasteiger partial charge in [0.2, 0.25) is 0 Å². The molecule has 0 heterocycles. The van der Waals surface area contributed by atoms with Gasteiger partial charge in [-0.25, -0.2) is 4.39 Å². The smallest absolute Gasteiger partial charge is 0.164 e. The van der Waals surface area contributed by atoms with E-state index >= 15 is 0 Å². The van der Waals surface area contributed by atoms with Crippen LogP contribution in [0.5, 0.6) is 17.2 Å². The summed E-state index contributed by atoms with van der Waals surface area (Å²) < 4.78 is 28.8. The number of benzene rings is 2. The number of rotatable bonds is 5. The Morgan fingerprint density at radius 3 is 2.04 bits per heavy atom. The van der Waals surface area contributed by atoms with E-state index in [4.69, 9.17) is 14.2 Å². The molecule has 0 aliphatic rings. The van der Waals surface area contributed by atoms with Crippen molar-refractivity contribution in [3.8, 4) is 23.3 Å². The van der Waals surface area contributed by atoms with Crippen molar-refractivity contribution in [1.82, 2.24) is 0 Å². The quantitative estimate of drug-likeness (QED) is 0.620. The summed E-state index contributed by atoms with van der Waals surface area (Å²) >= 11 is 0. The highest BCUT2D eigenvalue weighted by Gasteiger charge is 2.15. The Balaban J connectivity index is 2.56. The van der Waals surface area contributed by atoms with Crippen molar-refractivity contribution >= 4 is 11.6 Å². The van der Waals surface area contributed by atoms with E-state index in [0.717, 1.165) is 0 Å². The van der Waals surface area contributed by atoms with Gasteiger partial charge < -0.3 is 14.2 Å². The number of methoxy groups -OCH3 is 3. The highest BCUT2D eigenvalue weighted by atomic mass is 19.1. The van der Waals surface area contributed by atoms with Crippen molar-refractivity contribution in [3.63, 3.8) is 0 Å². The first-order valence-corrected chi connectivity index (χ1v) is 6.80. The lowest BCUT2D eigenvalue weighted by Crippen LogP contribution is -1.96. The molecule has 2 aromatic carbocycles. The van der Waals surface area contributed by atoms with E-state index < -0.39 is 0 Å². The third-order valence-corrected chi connectivity index (χ3v) is 3.30. The average molecular weight is 313 g/mol. The zero-order valence-electron chi connectivity index (χ0n) is 13.1.